The number of carbonyl (C=O) groups is 1. The fourth-order valence-corrected chi connectivity index (χ4v) is 7.02. The summed E-state index contributed by atoms with van der Waals surface area (Å²) in [6.07, 6.45) is 1.93. The minimum absolute atomic E-state index is 0.204. The molecule has 1 fully saturated rings. The monoisotopic (exact) mass is 395 g/mol. The summed E-state index contributed by atoms with van der Waals surface area (Å²) >= 11 is 4.46. The number of hydrogen-bond acceptors (Lipinski definition) is 4. The number of aliphatic carboxylic acids is 1. The Hall–Kier alpha value is -0.440. The molecule has 0 bridgehead atoms. The van der Waals surface area contributed by atoms with Gasteiger partial charge in [-0.2, -0.15) is 4.31 Å². The van der Waals surface area contributed by atoms with Crippen molar-refractivity contribution in [1.82, 2.24) is 4.31 Å². The highest BCUT2D eigenvalue weighted by Gasteiger charge is 2.52. The Morgan fingerprint density at radius 3 is 2.71 bits per heavy atom. The number of sulfonamides is 1. The maximum Gasteiger partial charge on any atom is 0.325 e. The highest BCUT2D eigenvalue weighted by molar-refractivity contribution is 9.11. The topological polar surface area (TPSA) is 74.7 Å². The summed E-state index contributed by atoms with van der Waals surface area (Å²) in [6.45, 7) is 3.96. The van der Waals surface area contributed by atoms with Crippen LogP contribution in [0.4, 0.5) is 0 Å². The lowest BCUT2D eigenvalue weighted by atomic mass is 9.92. The van der Waals surface area contributed by atoms with Crippen LogP contribution in [0.2, 0.25) is 0 Å². The average molecular weight is 396 g/mol. The van der Waals surface area contributed by atoms with E-state index in [4.69, 9.17) is 0 Å². The van der Waals surface area contributed by atoms with E-state index in [0.717, 1.165) is 20.7 Å². The van der Waals surface area contributed by atoms with Crippen molar-refractivity contribution >= 4 is 43.3 Å². The van der Waals surface area contributed by atoms with Gasteiger partial charge in [0.2, 0.25) is 0 Å². The van der Waals surface area contributed by atoms with Crippen molar-refractivity contribution < 1.29 is 18.3 Å². The maximum atomic E-state index is 12.8. The van der Waals surface area contributed by atoms with E-state index >= 15 is 0 Å². The van der Waals surface area contributed by atoms with Crippen molar-refractivity contribution in [2.45, 2.75) is 49.3 Å². The Balaban J connectivity index is 2.49. The summed E-state index contributed by atoms with van der Waals surface area (Å²) in [6, 6.07) is 1.60. The van der Waals surface area contributed by atoms with E-state index in [1.807, 2.05) is 13.8 Å². The molecule has 2 rings (SSSR count). The number of aryl methyl sites for hydroxylation is 1. The van der Waals surface area contributed by atoms with E-state index in [2.05, 4.69) is 15.9 Å². The van der Waals surface area contributed by atoms with Crippen LogP contribution >= 0.6 is 27.3 Å². The molecule has 1 aromatic heterocycles. The van der Waals surface area contributed by atoms with E-state index in [0.29, 0.717) is 25.7 Å². The van der Waals surface area contributed by atoms with Gasteiger partial charge in [-0.05, 0) is 53.7 Å². The van der Waals surface area contributed by atoms with Gasteiger partial charge < -0.3 is 5.11 Å². The smallest absolute Gasteiger partial charge is 0.325 e. The Morgan fingerprint density at radius 1 is 1.57 bits per heavy atom. The van der Waals surface area contributed by atoms with Gasteiger partial charge in [0, 0.05) is 6.54 Å². The molecule has 1 aliphatic rings. The van der Waals surface area contributed by atoms with Crippen LogP contribution in [0.3, 0.4) is 0 Å². The fraction of sp³-hybridized carbons (Fsp3) is 0.615. The second-order valence-electron chi connectivity index (χ2n) is 5.29. The summed E-state index contributed by atoms with van der Waals surface area (Å²) in [4.78, 5) is 11.8. The van der Waals surface area contributed by atoms with Crippen molar-refractivity contribution in [1.29, 1.82) is 0 Å². The number of rotatable bonds is 5. The molecule has 0 aromatic carbocycles. The quantitative estimate of drug-likeness (QED) is 0.829. The second kappa shape index (κ2) is 5.98. The first kappa shape index (κ1) is 16.9. The zero-order chi connectivity index (χ0) is 15.8. The Labute approximate surface area is 137 Å². The van der Waals surface area contributed by atoms with E-state index in [1.165, 1.54) is 4.31 Å². The predicted molar refractivity (Wildman–Crippen MR) is 85.2 cm³/mol. The first-order chi connectivity index (χ1) is 9.75. The molecule has 1 aliphatic heterocycles. The number of carboxylic acid groups (broad SMARTS) is 1. The van der Waals surface area contributed by atoms with Crippen LogP contribution in [0, 0.1) is 6.92 Å². The lowest BCUT2D eigenvalue weighted by Gasteiger charge is -2.33. The van der Waals surface area contributed by atoms with Crippen LogP contribution < -0.4 is 0 Å². The number of thiophene rings is 1. The normalized spacial score (nSPS) is 23.6. The van der Waals surface area contributed by atoms with Gasteiger partial charge in [-0.3, -0.25) is 4.79 Å². The van der Waals surface area contributed by atoms with Gasteiger partial charge in [0.05, 0.1) is 3.79 Å². The molecule has 0 radical (unpaired) electrons. The molecule has 2 heterocycles. The molecule has 21 heavy (non-hydrogen) atoms. The molecule has 118 valence electrons. The number of hydrogen-bond donors (Lipinski definition) is 1. The minimum Gasteiger partial charge on any atom is -0.480 e. The molecule has 1 aromatic rings. The average Bonchev–Trinajstić information content (AvgIpc) is 2.96. The fourth-order valence-electron chi connectivity index (χ4n) is 2.86. The van der Waals surface area contributed by atoms with Crippen molar-refractivity contribution in [3.63, 3.8) is 0 Å². The zero-order valence-corrected chi connectivity index (χ0v) is 15.1. The lowest BCUT2D eigenvalue weighted by Crippen LogP contribution is -2.52. The lowest BCUT2D eigenvalue weighted by molar-refractivity contribution is -0.147. The van der Waals surface area contributed by atoms with E-state index in [-0.39, 0.29) is 10.8 Å². The molecule has 0 saturated carbocycles. The molecular formula is C13H18BrNO4S2. The van der Waals surface area contributed by atoms with Crippen molar-refractivity contribution in [3.05, 3.63) is 15.4 Å². The first-order valence-electron chi connectivity index (χ1n) is 6.78. The minimum atomic E-state index is -3.77. The third kappa shape index (κ3) is 2.78. The van der Waals surface area contributed by atoms with Gasteiger partial charge >= 0.3 is 5.97 Å². The molecule has 0 amide bonds. The first-order valence-corrected chi connectivity index (χ1v) is 9.83. The van der Waals surface area contributed by atoms with Gasteiger partial charge in [0.15, 0.2) is 0 Å². The number of halogens is 1. The van der Waals surface area contributed by atoms with Gasteiger partial charge in [-0.25, -0.2) is 8.42 Å². The third-order valence-electron chi connectivity index (χ3n) is 3.87. The molecule has 1 N–H and O–H groups in total. The van der Waals surface area contributed by atoms with Gasteiger partial charge in [-0.1, -0.05) is 13.3 Å². The highest BCUT2D eigenvalue weighted by atomic mass is 79.9. The molecule has 5 nitrogen and oxygen atoms in total. The van der Waals surface area contributed by atoms with Crippen LogP contribution in [0.1, 0.15) is 38.2 Å². The maximum absolute atomic E-state index is 12.8. The molecule has 1 saturated heterocycles. The zero-order valence-electron chi connectivity index (χ0n) is 11.9. The molecule has 0 aliphatic carbocycles. The van der Waals surface area contributed by atoms with Gasteiger partial charge in [0.25, 0.3) is 10.0 Å². The Morgan fingerprint density at radius 2 is 2.24 bits per heavy atom. The van der Waals surface area contributed by atoms with E-state index in [1.54, 1.807) is 6.07 Å². The van der Waals surface area contributed by atoms with Crippen LogP contribution in [-0.4, -0.2) is 35.9 Å². The van der Waals surface area contributed by atoms with E-state index in [9.17, 15) is 18.3 Å². The number of carboxylic acids is 1. The standard InChI is InChI=1S/C13H18BrNO4S2/c1-3-5-13(12(16)17)6-4-7-15(13)21(18,19)10-8-9(2)11(14)20-10/h8H,3-7H2,1-2H3,(H,16,17). The largest absolute Gasteiger partial charge is 0.480 e. The molecule has 1 unspecified atom stereocenters. The summed E-state index contributed by atoms with van der Waals surface area (Å²) in [5.41, 5.74) is -0.452. The van der Waals surface area contributed by atoms with Gasteiger partial charge in [-0.15, -0.1) is 11.3 Å². The summed E-state index contributed by atoms with van der Waals surface area (Å²) < 4.78 is 27.9. The van der Waals surface area contributed by atoms with Crippen LogP contribution in [0.15, 0.2) is 14.1 Å². The second-order valence-corrected chi connectivity index (χ2v) is 9.75. The van der Waals surface area contributed by atoms with Crippen LogP contribution in [-0.2, 0) is 14.8 Å². The number of nitrogens with zero attached hydrogens (tertiary/aromatic N) is 1. The highest BCUT2D eigenvalue weighted by Crippen LogP contribution is 2.41. The third-order valence-corrected chi connectivity index (χ3v) is 8.42. The summed E-state index contributed by atoms with van der Waals surface area (Å²) in [5, 5.41) is 9.62. The molecule has 0 spiro atoms. The summed E-state index contributed by atoms with van der Waals surface area (Å²) in [7, 11) is -3.77. The van der Waals surface area contributed by atoms with Crippen molar-refractivity contribution in [3.8, 4) is 0 Å². The Bertz CT molecular complexity index is 636. The molecule has 8 heteroatoms. The van der Waals surface area contributed by atoms with Crippen LogP contribution in [0.5, 0.6) is 0 Å². The molecule has 1 atom stereocenters. The van der Waals surface area contributed by atoms with Gasteiger partial charge in [0.1, 0.15) is 9.75 Å². The summed E-state index contributed by atoms with van der Waals surface area (Å²) in [5.74, 6) is -1.04. The van der Waals surface area contributed by atoms with E-state index < -0.39 is 21.5 Å². The Kier molecular flexibility index (Phi) is 4.82. The van der Waals surface area contributed by atoms with Crippen molar-refractivity contribution in [2.24, 2.45) is 0 Å². The van der Waals surface area contributed by atoms with Crippen LogP contribution in [0.25, 0.3) is 0 Å². The SMILES string of the molecule is CCCC1(C(=O)O)CCCN1S(=O)(=O)c1cc(C)c(Br)s1. The predicted octanol–water partition coefficient (Wildman–Crippen LogP) is 3.23. The molecular weight excluding hydrogens is 378 g/mol. The van der Waals surface area contributed by atoms with Crippen molar-refractivity contribution in [2.75, 3.05) is 6.54 Å².